The molecule has 3 rings (SSSR count). The van der Waals surface area contributed by atoms with Crippen LogP contribution in [0.2, 0.25) is 0 Å². The number of amides is 1. The molecule has 1 aliphatic rings. The van der Waals surface area contributed by atoms with Gasteiger partial charge in [0.05, 0.1) is 11.9 Å². The first kappa shape index (κ1) is 18.2. The first-order valence-corrected chi connectivity index (χ1v) is 8.96. The fraction of sp³-hybridized carbons (Fsp3) is 0.556. The molecule has 0 aromatic carbocycles. The van der Waals surface area contributed by atoms with Crippen LogP contribution in [0.25, 0.3) is 0 Å². The van der Waals surface area contributed by atoms with E-state index in [1.54, 1.807) is 6.20 Å². The van der Waals surface area contributed by atoms with Crippen LogP contribution in [-0.4, -0.2) is 48.2 Å². The molecule has 0 radical (unpaired) electrons. The predicted molar refractivity (Wildman–Crippen MR) is 101 cm³/mol. The molecule has 1 aliphatic heterocycles. The second-order valence-corrected chi connectivity index (χ2v) is 6.85. The Morgan fingerprint density at radius 1 is 1.31 bits per heavy atom. The maximum Gasteiger partial charge on any atom is 0.227 e. The van der Waals surface area contributed by atoms with Gasteiger partial charge in [-0.2, -0.15) is 4.98 Å². The lowest BCUT2D eigenvalue weighted by Crippen LogP contribution is -2.24. The fourth-order valence-electron chi connectivity index (χ4n) is 3.17. The van der Waals surface area contributed by atoms with Gasteiger partial charge in [-0.15, -0.1) is 0 Å². The molecule has 2 aromatic heterocycles. The molecule has 1 fully saturated rings. The van der Waals surface area contributed by atoms with E-state index in [1.807, 2.05) is 32.8 Å². The third-order valence-corrected chi connectivity index (χ3v) is 4.63. The van der Waals surface area contributed by atoms with Crippen LogP contribution in [0, 0.1) is 13.8 Å². The van der Waals surface area contributed by atoms with Crippen molar-refractivity contribution < 1.29 is 9.32 Å². The highest BCUT2D eigenvalue weighted by Crippen LogP contribution is 2.25. The lowest BCUT2D eigenvalue weighted by Gasteiger charge is -2.21. The summed E-state index contributed by atoms with van der Waals surface area (Å²) in [6.07, 6.45) is 4.98. The normalized spacial score (nSPS) is 13.9. The zero-order chi connectivity index (χ0) is 18.7. The van der Waals surface area contributed by atoms with Crippen molar-refractivity contribution in [2.45, 2.75) is 39.5 Å². The van der Waals surface area contributed by atoms with Gasteiger partial charge < -0.3 is 19.6 Å². The van der Waals surface area contributed by atoms with Gasteiger partial charge in [-0.25, -0.2) is 4.98 Å². The monoisotopic (exact) mass is 358 g/mol. The minimum Gasteiger partial charge on any atom is -0.361 e. The fourth-order valence-corrected chi connectivity index (χ4v) is 3.17. The molecule has 0 spiro atoms. The summed E-state index contributed by atoms with van der Waals surface area (Å²) in [5.41, 5.74) is 2.46. The molecule has 8 nitrogen and oxygen atoms in total. The van der Waals surface area contributed by atoms with Crippen LogP contribution in [0.1, 0.15) is 36.3 Å². The molecule has 26 heavy (non-hydrogen) atoms. The van der Waals surface area contributed by atoms with E-state index >= 15 is 0 Å². The largest absolute Gasteiger partial charge is 0.361 e. The van der Waals surface area contributed by atoms with Crippen molar-refractivity contribution in [3.63, 3.8) is 0 Å². The molecule has 1 amide bonds. The Morgan fingerprint density at radius 3 is 2.65 bits per heavy atom. The van der Waals surface area contributed by atoms with Gasteiger partial charge in [-0.05, 0) is 33.1 Å². The summed E-state index contributed by atoms with van der Waals surface area (Å²) in [6, 6.07) is 0. The summed E-state index contributed by atoms with van der Waals surface area (Å²) in [4.78, 5) is 25.6. The topological polar surface area (TPSA) is 87.4 Å². The molecular formula is C18H26N6O2. The smallest absolute Gasteiger partial charge is 0.227 e. The molecule has 3 heterocycles. The van der Waals surface area contributed by atoms with E-state index in [0.717, 1.165) is 36.1 Å². The molecule has 0 unspecified atom stereocenters. The van der Waals surface area contributed by atoms with Crippen LogP contribution < -0.4 is 15.1 Å². The van der Waals surface area contributed by atoms with Gasteiger partial charge in [0.1, 0.15) is 11.4 Å². The molecule has 0 bridgehead atoms. The van der Waals surface area contributed by atoms with Crippen LogP contribution in [0.5, 0.6) is 0 Å². The Balaban J connectivity index is 1.68. The Kier molecular flexibility index (Phi) is 5.39. The standard InChI is InChI=1S/C18H26N6O2/c1-12-14(13(2)26-22-12)7-8-16(25)20-15-11-19-18(21-17(15)23(3)4)24-9-5-6-10-24/h11H,5-10H2,1-4H3,(H,20,25). The molecule has 140 valence electrons. The number of rotatable bonds is 6. The van der Waals surface area contributed by atoms with Gasteiger partial charge in [-0.3, -0.25) is 4.79 Å². The number of anilines is 3. The quantitative estimate of drug-likeness (QED) is 0.848. The summed E-state index contributed by atoms with van der Waals surface area (Å²) in [5.74, 6) is 2.13. The van der Waals surface area contributed by atoms with Gasteiger partial charge >= 0.3 is 0 Å². The first-order chi connectivity index (χ1) is 12.5. The van der Waals surface area contributed by atoms with Crippen molar-refractivity contribution >= 4 is 23.4 Å². The molecule has 1 saturated heterocycles. The van der Waals surface area contributed by atoms with Gasteiger partial charge in [-0.1, -0.05) is 5.16 Å². The lowest BCUT2D eigenvalue weighted by atomic mass is 10.1. The molecule has 8 heteroatoms. The lowest BCUT2D eigenvalue weighted by molar-refractivity contribution is -0.116. The average molecular weight is 358 g/mol. The third kappa shape index (κ3) is 3.95. The van der Waals surface area contributed by atoms with Crippen LogP contribution in [-0.2, 0) is 11.2 Å². The van der Waals surface area contributed by atoms with E-state index in [2.05, 4.69) is 25.3 Å². The van der Waals surface area contributed by atoms with Gasteiger partial charge in [0.25, 0.3) is 0 Å². The van der Waals surface area contributed by atoms with E-state index in [1.165, 1.54) is 12.8 Å². The van der Waals surface area contributed by atoms with E-state index < -0.39 is 0 Å². The average Bonchev–Trinajstić information content (AvgIpc) is 3.24. The SMILES string of the molecule is Cc1noc(C)c1CCC(=O)Nc1cnc(N2CCCC2)nc1N(C)C. The molecule has 0 saturated carbocycles. The van der Waals surface area contributed by atoms with Crippen molar-refractivity contribution in [3.05, 3.63) is 23.2 Å². The second-order valence-electron chi connectivity index (χ2n) is 6.85. The zero-order valence-corrected chi connectivity index (χ0v) is 15.9. The summed E-state index contributed by atoms with van der Waals surface area (Å²) in [6.45, 7) is 5.72. The minimum absolute atomic E-state index is 0.0781. The maximum absolute atomic E-state index is 12.4. The maximum atomic E-state index is 12.4. The van der Waals surface area contributed by atoms with Crippen LogP contribution in [0.15, 0.2) is 10.7 Å². The molecule has 0 aliphatic carbocycles. The van der Waals surface area contributed by atoms with Crippen molar-refractivity contribution in [3.8, 4) is 0 Å². The van der Waals surface area contributed by atoms with Crippen molar-refractivity contribution in [2.24, 2.45) is 0 Å². The highest BCUT2D eigenvalue weighted by Gasteiger charge is 2.19. The summed E-state index contributed by atoms with van der Waals surface area (Å²) < 4.78 is 5.15. The number of aryl methyl sites for hydroxylation is 2. The zero-order valence-electron chi connectivity index (χ0n) is 15.9. The Hall–Kier alpha value is -2.64. The van der Waals surface area contributed by atoms with Crippen LogP contribution in [0.3, 0.4) is 0 Å². The Labute approximate surface area is 153 Å². The number of carbonyl (C=O) groups is 1. The number of hydrogen-bond donors (Lipinski definition) is 1. The number of nitrogens with one attached hydrogen (secondary N) is 1. The highest BCUT2D eigenvalue weighted by atomic mass is 16.5. The molecular weight excluding hydrogens is 332 g/mol. The summed E-state index contributed by atoms with van der Waals surface area (Å²) in [7, 11) is 3.82. The van der Waals surface area contributed by atoms with Crippen molar-refractivity contribution in [1.82, 2.24) is 15.1 Å². The molecule has 2 aromatic rings. The second kappa shape index (κ2) is 7.72. The molecule has 1 N–H and O–H groups in total. The number of carbonyl (C=O) groups excluding carboxylic acids is 1. The number of hydrogen-bond acceptors (Lipinski definition) is 7. The number of nitrogens with zero attached hydrogens (tertiary/aromatic N) is 5. The van der Waals surface area contributed by atoms with Crippen molar-refractivity contribution in [2.75, 3.05) is 42.3 Å². The van der Waals surface area contributed by atoms with Gasteiger partial charge in [0.15, 0.2) is 5.82 Å². The van der Waals surface area contributed by atoms with Gasteiger partial charge in [0, 0.05) is 39.2 Å². The highest BCUT2D eigenvalue weighted by molar-refractivity contribution is 5.93. The van der Waals surface area contributed by atoms with E-state index in [4.69, 9.17) is 4.52 Å². The summed E-state index contributed by atoms with van der Waals surface area (Å²) in [5, 5.41) is 6.86. The molecule has 0 atom stereocenters. The Morgan fingerprint density at radius 2 is 2.04 bits per heavy atom. The first-order valence-electron chi connectivity index (χ1n) is 8.96. The summed E-state index contributed by atoms with van der Waals surface area (Å²) >= 11 is 0. The van der Waals surface area contributed by atoms with E-state index in [0.29, 0.717) is 24.3 Å². The Bertz CT molecular complexity index is 760. The number of aromatic nitrogens is 3. The van der Waals surface area contributed by atoms with Crippen molar-refractivity contribution in [1.29, 1.82) is 0 Å². The van der Waals surface area contributed by atoms with Gasteiger partial charge in [0.2, 0.25) is 11.9 Å². The predicted octanol–water partition coefficient (Wildman–Crippen LogP) is 2.32. The third-order valence-electron chi connectivity index (χ3n) is 4.63. The van der Waals surface area contributed by atoms with E-state index in [-0.39, 0.29) is 5.91 Å². The van der Waals surface area contributed by atoms with Crippen LogP contribution in [0.4, 0.5) is 17.5 Å². The van der Waals surface area contributed by atoms with Crippen LogP contribution >= 0.6 is 0 Å². The van der Waals surface area contributed by atoms with E-state index in [9.17, 15) is 4.79 Å². The minimum atomic E-state index is -0.0781.